The number of nitrogens with zero attached hydrogens (tertiary/aromatic N) is 3. The molecule has 4 nitrogen and oxygen atoms in total. The first-order chi connectivity index (χ1) is 7.78. The van der Waals surface area contributed by atoms with E-state index in [4.69, 9.17) is 0 Å². The van der Waals surface area contributed by atoms with Crippen LogP contribution < -0.4 is 0 Å². The van der Waals surface area contributed by atoms with E-state index in [9.17, 15) is 5.11 Å². The fourth-order valence-electron chi connectivity index (χ4n) is 1.84. The molecule has 1 heterocycles. The molecule has 1 aromatic carbocycles. The first-order valence-electron chi connectivity index (χ1n) is 5.42. The average Bonchev–Trinajstić information content (AvgIpc) is 2.88. The highest BCUT2D eigenvalue weighted by molar-refractivity contribution is 5.17. The Balaban J connectivity index is 1.88. The van der Waals surface area contributed by atoms with Crippen molar-refractivity contribution < 1.29 is 5.11 Å². The van der Waals surface area contributed by atoms with Gasteiger partial charge in [0.2, 0.25) is 0 Å². The van der Waals surface area contributed by atoms with Gasteiger partial charge in [-0.2, -0.15) is 5.10 Å². The topological polar surface area (TPSA) is 50.9 Å². The van der Waals surface area contributed by atoms with Gasteiger partial charge in [0.1, 0.15) is 11.9 Å². The molecule has 0 bridgehead atoms. The van der Waals surface area contributed by atoms with E-state index < -0.39 is 5.60 Å². The highest BCUT2D eigenvalue weighted by Gasteiger charge is 2.46. The maximum absolute atomic E-state index is 10.0. The van der Waals surface area contributed by atoms with Crippen molar-refractivity contribution in [1.82, 2.24) is 14.8 Å². The summed E-state index contributed by atoms with van der Waals surface area (Å²) in [5.41, 5.74) is 0.448. The van der Waals surface area contributed by atoms with Crippen LogP contribution in [0.2, 0.25) is 0 Å². The Hall–Kier alpha value is -1.68. The molecule has 0 radical (unpaired) electrons. The van der Waals surface area contributed by atoms with Crippen LogP contribution in [-0.4, -0.2) is 19.9 Å². The van der Waals surface area contributed by atoms with Crippen LogP contribution in [0.5, 0.6) is 0 Å². The minimum atomic E-state index is -0.717. The van der Waals surface area contributed by atoms with Crippen molar-refractivity contribution in [2.24, 2.45) is 0 Å². The highest BCUT2D eigenvalue weighted by Crippen LogP contribution is 2.44. The summed E-state index contributed by atoms with van der Waals surface area (Å²) >= 11 is 0. The van der Waals surface area contributed by atoms with Crippen LogP contribution in [0.4, 0.5) is 0 Å². The van der Waals surface area contributed by atoms with Crippen LogP contribution in [0.1, 0.15) is 24.2 Å². The van der Waals surface area contributed by atoms with Gasteiger partial charge in [-0.1, -0.05) is 30.3 Å². The molecule has 1 aliphatic rings. The highest BCUT2D eigenvalue weighted by atomic mass is 16.3. The summed E-state index contributed by atoms with van der Waals surface area (Å²) in [6.07, 6.45) is 3.09. The molecule has 0 unspecified atom stereocenters. The fourth-order valence-corrected chi connectivity index (χ4v) is 1.84. The molecule has 4 heteroatoms. The number of aliphatic hydroxyl groups is 1. The Kier molecular flexibility index (Phi) is 2.04. The van der Waals surface area contributed by atoms with E-state index in [-0.39, 0.29) is 0 Å². The SMILES string of the molecule is OC1(c2ncnn2Cc2ccccc2)CC1. The Morgan fingerprint density at radius 2 is 2.00 bits per heavy atom. The summed E-state index contributed by atoms with van der Waals surface area (Å²) in [6.45, 7) is 0.665. The van der Waals surface area contributed by atoms with Gasteiger partial charge in [-0.25, -0.2) is 9.67 Å². The lowest BCUT2D eigenvalue weighted by Gasteiger charge is -2.09. The van der Waals surface area contributed by atoms with Crippen molar-refractivity contribution in [1.29, 1.82) is 0 Å². The molecule has 1 aromatic heterocycles. The molecule has 0 aliphatic heterocycles. The van der Waals surface area contributed by atoms with E-state index in [2.05, 4.69) is 10.1 Å². The van der Waals surface area contributed by atoms with Crippen LogP contribution in [0.3, 0.4) is 0 Å². The first-order valence-corrected chi connectivity index (χ1v) is 5.42. The molecule has 0 amide bonds. The summed E-state index contributed by atoms with van der Waals surface area (Å²) in [5, 5.41) is 14.2. The normalized spacial score (nSPS) is 17.3. The lowest BCUT2D eigenvalue weighted by atomic mass is 10.2. The fraction of sp³-hybridized carbons (Fsp3) is 0.333. The van der Waals surface area contributed by atoms with Crippen molar-refractivity contribution in [3.05, 3.63) is 48.0 Å². The lowest BCUT2D eigenvalue weighted by Crippen LogP contribution is -2.16. The predicted molar refractivity (Wildman–Crippen MR) is 58.7 cm³/mol. The number of rotatable bonds is 3. The van der Waals surface area contributed by atoms with Gasteiger partial charge in [0, 0.05) is 0 Å². The molecule has 82 valence electrons. The standard InChI is InChI=1S/C12H13N3O/c16-12(6-7-12)11-13-9-14-15(11)8-10-4-2-1-3-5-10/h1-5,9,16H,6-8H2. The second-order valence-electron chi connectivity index (χ2n) is 4.26. The Morgan fingerprint density at radius 3 is 2.69 bits per heavy atom. The van der Waals surface area contributed by atoms with Crippen molar-refractivity contribution in [3.8, 4) is 0 Å². The summed E-state index contributed by atoms with van der Waals surface area (Å²) < 4.78 is 1.78. The smallest absolute Gasteiger partial charge is 0.159 e. The van der Waals surface area contributed by atoms with Gasteiger partial charge in [0.05, 0.1) is 6.54 Å². The van der Waals surface area contributed by atoms with Crippen LogP contribution in [0.15, 0.2) is 36.7 Å². The zero-order valence-electron chi connectivity index (χ0n) is 8.87. The van der Waals surface area contributed by atoms with Gasteiger partial charge in [-0.15, -0.1) is 0 Å². The molecule has 0 atom stereocenters. The first kappa shape index (κ1) is 9.54. The number of aromatic nitrogens is 3. The number of hydrogen-bond donors (Lipinski definition) is 1. The van der Waals surface area contributed by atoms with Crippen LogP contribution in [-0.2, 0) is 12.1 Å². The van der Waals surface area contributed by atoms with Crippen LogP contribution >= 0.6 is 0 Å². The molecule has 2 aromatic rings. The third-order valence-electron chi connectivity index (χ3n) is 2.93. The molecule has 1 fully saturated rings. The number of benzene rings is 1. The molecule has 1 aliphatic carbocycles. The molecular formula is C12H13N3O. The summed E-state index contributed by atoms with van der Waals surface area (Å²) in [5.74, 6) is 0.691. The molecule has 1 N–H and O–H groups in total. The molecule has 0 spiro atoms. The van der Waals surface area contributed by atoms with Crippen molar-refractivity contribution in [2.75, 3.05) is 0 Å². The van der Waals surface area contributed by atoms with Gasteiger partial charge < -0.3 is 5.11 Å². The summed E-state index contributed by atoms with van der Waals surface area (Å²) in [6, 6.07) is 10.1. The van der Waals surface area contributed by atoms with E-state index in [0.29, 0.717) is 12.4 Å². The molecule has 1 saturated carbocycles. The van der Waals surface area contributed by atoms with E-state index in [1.807, 2.05) is 30.3 Å². The molecule has 0 saturated heterocycles. The minimum Gasteiger partial charge on any atom is -0.382 e. The van der Waals surface area contributed by atoms with E-state index in [1.165, 1.54) is 11.9 Å². The third kappa shape index (κ3) is 1.61. The Bertz CT molecular complexity index is 488. The van der Waals surface area contributed by atoms with Crippen LogP contribution in [0, 0.1) is 0 Å². The molecule has 16 heavy (non-hydrogen) atoms. The number of hydrogen-bond acceptors (Lipinski definition) is 3. The third-order valence-corrected chi connectivity index (χ3v) is 2.93. The van der Waals surface area contributed by atoms with Gasteiger partial charge in [0.15, 0.2) is 5.82 Å². The van der Waals surface area contributed by atoms with Crippen molar-refractivity contribution in [3.63, 3.8) is 0 Å². The van der Waals surface area contributed by atoms with Crippen molar-refractivity contribution >= 4 is 0 Å². The monoisotopic (exact) mass is 215 g/mol. The van der Waals surface area contributed by atoms with E-state index in [0.717, 1.165) is 12.8 Å². The quantitative estimate of drug-likeness (QED) is 0.839. The largest absolute Gasteiger partial charge is 0.382 e. The summed E-state index contributed by atoms with van der Waals surface area (Å²) in [7, 11) is 0. The van der Waals surface area contributed by atoms with Gasteiger partial charge in [-0.3, -0.25) is 0 Å². The van der Waals surface area contributed by atoms with E-state index in [1.54, 1.807) is 4.68 Å². The predicted octanol–water partition coefficient (Wildman–Crippen LogP) is 1.31. The average molecular weight is 215 g/mol. The molecule has 3 rings (SSSR count). The zero-order valence-corrected chi connectivity index (χ0v) is 8.87. The second kappa shape index (κ2) is 3.42. The zero-order chi connectivity index (χ0) is 11.0. The van der Waals surface area contributed by atoms with Gasteiger partial charge >= 0.3 is 0 Å². The molecular weight excluding hydrogens is 202 g/mol. The second-order valence-corrected chi connectivity index (χ2v) is 4.26. The lowest BCUT2D eigenvalue weighted by molar-refractivity contribution is 0.135. The summed E-state index contributed by atoms with van der Waals surface area (Å²) in [4.78, 5) is 4.15. The van der Waals surface area contributed by atoms with Crippen LogP contribution in [0.25, 0.3) is 0 Å². The Morgan fingerprint density at radius 1 is 1.25 bits per heavy atom. The van der Waals surface area contributed by atoms with Gasteiger partial charge in [-0.05, 0) is 18.4 Å². The van der Waals surface area contributed by atoms with Crippen molar-refractivity contribution in [2.45, 2.75) is 25.0 Å². The maximum atomic E-state index is 10.0. The minimum absolute atomic E-state index is 0.665. The van der Waals surface area contributed by atoms with E-state index >= 15 is 0 Å². The maximum Gasteiger partial charge on any atom is 0.159 e. The van der Waals surface area contributed by atoms with Gasteiger partial charge in [0.25, 0.3) is 0 Å². The Labute approximate surface area is 93.6 Å².